The molecule has 0 radical (unpaired) electrons. The van der Waals surface area contributed by atoms with Crippen molar-refractivity contribution >= 4 is 5.91 Å². The first kappa shape index (κ1) is 22.6. The number of rotatable bonds is 14. The second kappa shape index (κ2) is 11.3. The summed E-state index contributed by atoms with van der Waals surface area (Å²) in [7, 11) is 0. The zero-order chi connectivity index (χ0) is 22.2. The third-order valence-electron chi connectivity index (χ3n) is 5.54. The minimum absolute atomic E-state index is 0.0328. The van der Waals surface area contributed by atoms with Crippen LogP contribution in [0.4, 0.5) is 0 Å². The molecule has 7 heteroatoms. The molecule has 0 aromatic heterocycles. The van der Waals surface area contributed by atoms with E-state index < -0.39 is 6.10 Å². The molecule has 1 aliphatic heterocycles. The van der Waals surface area contributed by atoms with Crippen LogP contribution in [0, 0.1) is 0 Å². The number of aliphatic hydroxyl groups is 1. The number of carbonyl (C=O) groups is 1. The Labute approximate surface area is 189 Å². The average molecular weight is 441 g/mol. The maximum absolute atomic E-state index is 11.6. The Balaban J connectivity index is 1.05. The van der Waals surface area contributed by atoms with Crippen LogP contribution in [0.5, 0.6) is 11.5 Å². The Morgan fingerprint density at radius 1 is 1.06 bits per heavy atom. The summed E-state index contributed by atoms with van der Waals surface area (Å²) in [6.07, 6.45) is 4.40. The summed E-state index contributed by atoms with van der Waals surface area (Å²) in [5.41, 5.74) is 2.94. The predicted molar refractivity (Wildman–Crippen MR) is 121 cm³/mol. The minimum atomic E-state index is -0.605. The molecular formula is C25H32N2O5. The van der Waals surface area contributed by atoms with Gasteiger partial charge < -0.3 is 30.0 Å². The lowest BCUT2D eigenvalue weighted by molar-refractivity contribution is 0.0965. The standard InChI is InChI=1S/C25H32N2O5/c28-20(16-26-11-13-31-23-9-10-24-19(14-23)15-27-25(24)29)17-32-22-5-3-18(4-6-22)2-1-12-30-21-7-8-21/h3-6,9-10,14,20-21,26,28H,1-2,7-8,11-13,15-17H2,(H,27,29)/t20-/m0/s1. The molecule has 0 unspecified atom stereocenters. The Hall–Kier alpha value is -2.61. The second-order valence-electron chi connectivity index (χ2n) is 8.34. The first-order valence-corrected chi connectivity index (χ1v) is 11.4. The second-order valence-corrected chi connectivity index (χ2v) is 8.34. The van der Waals surface area contributed by atoms with Crippen LogP contribution in [0.3, 0.4) is 0 Å². The molecule has 1 fully saturated rings. The lowest BCUT2D eigenvalue weighted by Crippen LogP contribution is -2.33. The van der Waals surface area contributed by atoms with Crippen molar-refractivity contribution in [3.63, 3.8) is 0 Å². The van der Waals surface area contributed by atoms with Gasteiger partial charge in [-0.3, -0.25) is 4.79 Å². The number of hydrogen-bond donors (Lipinski definition) is 3. The van der Waals surface area contributed by atoms with E-state index >= 15 is 0 Å². The number of carbonyl (C=O) groups excluding carboxylic acids is 1. The van der Waals surface area contributed by atoms with E-state index in [1.54, 1.807) is 12.1 Å². The van der Waals surface area contributed by atoms with Crippen LogP contribution < -0.4 is 20.1 Å². The average Bonchev–Trinajstić information content (AvgIpc) is 3.57. The van der Waals surface area contributed by atoms with E-state index in [2.05, 4.69) is 22.8 Å². The lowest BCUT2D eigenvalue weighted by Gasteiger charge is -2.14. The number of benzene rings is 2. The smallest absolute Gasteiger partial charge is 0.251 e. The van der Waals surface area contributed by atoms with Crippen LogP contribution in [-0.2, 0) is 17.7 Å². The van der Waals surface area contributed by atoms with E-state index in [9.17, 15) is 9.90 Å². The fourth-order valence-electron chi connectivity index (χ4n) is 3.57. The van der Waals surface area contributed by atoms with Gasteiger partial charge >= 0.3 is 0 Å². The SMILES string of the molecule is O=C1NCc2cc(OCCNC[C@H](O)COc3ccc(CCCOC4CC4)cc3)ccc21. The molecule has 1 saturated carbocycles. The van der Waals surface area contributed by atoms with Gasteiger partial charge in [0.25, 0.3) is 5.91 Å². The summed E-state index contributed by atoms with van der Waals surface area (Å²) in [6, 6.07) is 13.5. The van der Waals surface area contributed by atoms with E-state index in [0.29, 0.717) is 37.9 Å². The van der Waals surface area contributed by atoms with Gasteiger partial charge in [0.15, 0.2) is 0 Å². The highest BCUT2D eigenvalue weighted by Gasteiger charge is 2.21. The maximum atomic E-state index is 11.6. The number of aliphatic hydroxyl groups excluding tert-OH is 1. The molecule has 172 valence electrons. The fraction of sp³-hybridized carbons (Fsp3) is 0.480. The van der Waals surface area contributed by atoms with Crippen LogP contribution in [-0.4, -0.2) is 56.1 Å². The summed E-state index contributed by atoms with van der Waals surface area (Å²) in [5.74, 6) is 1.47. The lowest BCUT2D eigenvalue weighted by atomic mass is 10.1. The number of aryl methyl sites for hydroxylation is 1. The summed E-state index contributed by atoms with van der Waals surface area (Å²) < 4.78 is 17.1. The van der Waals surface area contributed by atoms with Gasteiger partial charge in [-0.25, -0.2) is 0 Å². The Bertz CT molecular complexity index is 882. The first-order chi connectivity index (χ1) is 15.7. The van der Waals surface area contributed by atoms with E-state index in [4.69, 9.17) is 14.2 Å². The third kappa shape index (κ3) is 6.95. The largest absolute Gasteiger partial charge is 0.492 e. The zero-order valence-corrected chi connectivity index (χ0v) is 18.3. The highest BCUT2D eigenvalue weighted by atomic mass is 16.5. The summed E-state index contributed by atoms with van der Waals surface area (Å²) in [6.45, 7) is 3.11. The maximum Gasteiger partial charge on any atom is 0.251 e. The molecule has 2 aromatic rings. The molecule has 0 bridgehead atoms. The number of amides is 1. The van der Waals surface area contributed by atoms with Gasteiger partial charge in [-0.15, -0.1) is 0 Å². The van der Waals surface area contributed by atoms with E-state index in [1.165, 1.54) is 18.4 Å². The van der Waals surface area contributed by atoms with Crippen molar-refractivity contribution in [2.45, 2.75) is 44.4 Å². The van der Waals surface area contributed by atoms with Gasteiger partial charge in [-0.1, -0.05) is 12.1 Å². The summed E-state index contributed by atoms with van der Waals surface area (Å²) >= 11 is 0. The van der Waals surface area contributed by atoms with Crippen molar-refractivity contribution in [2.24, 2.45) is 0 Å². The zero-order valence-electron chi connectivity index (χ0n) is 18.3. The highest BCUT2D eigenvalue weighted by Crippen LogP contribution is 2.24. The van der Waals surface area contributed by atoms with Gasteiger partial charge in [0.2, 0.25) is 0 Å². The monoisotopic (exact) mass is 440 g/mol. The fourth-order valence-corrected chi connectivity index (χ4v) is 3.57. The molecule has 1 heterocycles. The van der Waals surface area contributed by atoms with Crippen LogP contribution in [0.25, 0.3) is 0 Å². The summed E-state index contributed by atoms with van der Waals surface area (Å²) in [5, 5.41) is 16.1. The third-order valence-corrected chi connectivity index (χ3v) is 5.54. The van der Waals surface area contributed by atoms with Gasteiger partial charge in [0.1, 0.15) is 30.8 Å². The van der Waals surface area contributed by atoms with Crippen LogP contribution in [0.1, 0.15) is 40.7 Å². The number of nitrogens with one attached hydrogen (secondary N) is 2. The van der Waals surface area contributed by atoms with E-state index in [1.807, 2.05) is 18.2 Å². The van der Waals surface area contributed by atoms with Crippen molar-refractivity contribution in [1.29, 1.82) is 0 Å². The molecule has 32 heavy (non-hydrogen) atoms. The van der Waals surface area contributed by atoms with Crippen molar-refractivity contribution < 1.29 is 24.1 Å². The molecule has 0 saturated heterocycles. The first-order valence-electron chi connectivity index (χ1n) is 11.4. The molecular weight excluding hydrogens is 408 g/mol. The topological polar surface area (TPSA) is 89.1 Å². The molecule has 1 atom stereocenters. The highest BCUT2D eigenvalue weighted by molar-refractivity contribution is 5.98. The minimum Gasteiger partial charge on any atom is -0.492 e. The van der Waals surface area contributed by atoms with E-state index in [-0.39, 0.29) is 12.5 Å². The Morgan fingerprint density at radius 2 is 1.88 bits per heavy atom. The number of ether oxygens (including phenoxy) is 3. The quantitative estimate of drug-likeness (QED) is 0.391. The van der Waals surface area contributed by atoms with Gasteiger partial charge in [0, 0.05) is 31.8 Å². The molecule has 2 aliphatic rings. The van der Waals surface area contributed by atoms with Crippen LogP contribution >= 0.6 is 0 Å². The number of fused-ring (bicyclic) bond motifs is 1. The molecule has 1 aliphatic carbocycles. The Kier molecular flexibility index (Phi) is 7.98. The van der Waals surface area contributed by atoms with E-state index in [0.717, 1.165) is 36.5 Å². The molecule has 1 amide bonds. The Morgan fingerprint density at radius 3 is 2.69 bits per heavy atom. The molecule has 7 nitrogen and oxygen atoms in total. The molecule has 0 spiro atoms. The molecule has 2 aromatic carbocycles. The van der Waals surface area contributed by atoms with Crippen molar-refractivity contribution in [3.8, 4) is 11.5 Å². The number of hydrogen-bond acceptors (Lipinski definition) is 6. The normalized spacial score (nSPS) is 15.8. The van der Waals surface area contributed by atoms with Crippen molar-refractivity contribution in [2.75, 3.05) is 32.9 Å². The van der Waals surface area contributed by atoms with Gasteiger partial charge in [0.05, 0.1) is 6.10 Å². The van der Waals surface area contributed by atoms with Gasteiger partial charge in [-0.2, -0.15) is 0 Å². The van der Waals surface area contributed by atoms with Crippen LogP contribution in [0.2, 0.25) is 0 Å². The van der Waals surface area contributed by atoms with Gasteiger partial charge in [-0.05, 0) is 67.1 Å². The van der Waals surface area contributed by atoms with Crippen molar-refractivity contribution in [1.82, 2.24) is 10.6 Å². The molecule has 4 rings (SSSR count). The predicted octanol–water partition coefficient (Wildman–Crippen LogP) is 2.45. The van der Waals surface area contributed by atoms with Crippen LogP contribution in [0.15, 0.2) is 42.5 Å². The molecule has 3 N–H and O–H groups in total. The summed E-state index contributed by atoms with van der Waals surface area (Å²) in [4.78, 5) is 11.6. The van der Waals surface area contributed by atoms with Crippen molar-refractivity contribution in [3.05, 3.63) is 59.2 Å².